The van der Waals surface area contributed by atoms with E-state index in [1.807, 2.05) is 0 Å². The number of amides is 1. The van der Waals surface area contributed by atoms with Gasteiger partial charge in [0, 0.05) is 32.8 Å². The third-order valence-electron chi connectivity index (χ3n) is 3.92. The summed E-state index contributed by atoms with van der Waals surface area (Å²) in [6.07, 6.45) is 4.22. The lowest BCUT2D eigenvalue weighted by Gasteiger charge is -2.32. The van der Waals surface area contributed by atoms with E-state index in [0.29, 0.717) is 6.04 Å². The van der Waals surface area contributed by atoms with Crippen LogP contribution in [0, 0.1) is 0 Å². The molecule has 2 aliphatic rings. The van der Waals surface area contributed by atoms with Gasteiger partial charge < -0.3 is 20.3 Å². The van der Waals surface area contributed by atoms with Crippen LogP contribution in [0.4, 0.5) is 0 Å². The minimum absolute atomic E-state index is 0.0523. The van der Waals surface area contributed by atoms with Gasteiger partial charge in [-0.2, -0.15) is 0 Å². The van der Waals surface area contributed by atoms with Crippen LogP contribution in [0.25, 0.3) is 0 Å². The molecule has 0 spiro atoms. The van der Waals surface area contributed by atoms with Crippen LogP contribution in [-0.4, -0.2) is 62.8 Å². The minimum atomic E-state index is 0.0523. The van der Waals surface area contributed by atoms with Gasteiger partial charge in [0.2, 0.25) is 5.91 Å². The molecule has 104 valence electrons. The van der Waals surface area contributed by atoms with Crippen molar-refractivity contribution in [1.82, 2.24) is 15.5 Å². The first kappa shape index (κ1) is 13.8. The van der Waals surface area contributed by atoms with Crippen molar-refractivity contribution in [2.45, 2.75) is 37.8 Å². The molecule has 2 heterocycles. The number of nitrogens with zero attached hydrogens (tertiary/aromatic N) is 1. The molecule has 1 amide bonds. The van der Waals surface area contributed by atoms with E-state index in [-0.39, 0.29) is 11.9 Å². The van der Waals surface area contributed by atoms with Gasteiger partial charge in [-0.3, -0.25) is 4.79 Å². The third kappa shape index (κ3) is 3.93. The van der Waals surface area contributed by atoms with Crippen molar-refractivity contribution in [1.29, 1.82) is 0 Å². The Morgan fingerprint density at radius 3 is 2.78 bits per heavy atom. The molecule has 1 atom stereocenters. The molecule has 0 aromatic carbocycles. The normalized spacial score (nSPS) is 26.4. The van der Waals surface area contributed by atoms with Crippen LogP contribution in [0.15, 0.2) is 0 Å². The fourth-order valence-electron chi connectivity index (χ4n) is 2.73. The standard InChI is InChI=1S/C13H25N3O2/c1-18-10-9-16-7-4-11(5-8-16)15-13(17)12-3-2-6-14-12/h11-12,14H,2-10H2,1H3,(H,15,17). The number of hydrogen-bond donors (Lipinski definition) is 2. The molecule has 2 aliphatic heterocycles. The lowest BCUT2D eigenvalue weighted by molar-refractivity contribution is -0.123. The van der Waals surface area contributed by atoms with Crippen molar-refractivity contribution >= 4 is 5.91 Å². The Morgan fingerprint density at radius 1 is 1.39 bits per heavy atom. The lowest BCUT2D eigenvalue weighted by Crippen LogP contribution is -2.49. The number of rotatable bonds is 5. The highest BCUT2D eigenvalue weighted by molar-refractivity contribution is 5.82. The van der Waals surface area contributed by atoms with Gasteiger partial charge in [0.15, 0.2) is 0 Å². The van der Waals surface area contributed by atoms with Crippen LogP contribution >= 0.6 is 0 Å². The molecule has 0 radical (unpaired) electrons. The molecule has 2 N–H and O–H groups in total. The molecule has 18 heavy (non-hydrogen) atoms. The minimum Gasteiger partial charge on any atom is -0.383 e. The second-order valence-corrected chi connectivity index (χ2v) is 5.27. The van der Waals surface area contributed by atoms with Gasteiger partial charge in [0.25, 0.3) is 0 Å². The number of ether oxygens (including phenoxy) is 1. The molecule has 2 fully saturated rings. The molecule has 2 saturated heterocycles. The highest BCUT2D eigenvalue weighted by Crippen LogP contribution is 2.11. The van der Waals surface area contributed by atoms with E-state index in [9.17, 15) is 4.79 Å². The van der Waals surface area contributed by atoms with E-state index >= 15 is 0 Å². The zero-order valence-corrected chi connectivity index (χ0v) is 11.3. The summed E-state index contributed by atoms with van der Waals surface area (Å²) in [4.78, 5) is 14.4. The molecule has 0 saturated carbocycles. The van der Waals surface area contributed by atoms with E-state index in [4.69, 9.17) is 4.74 Å². The quantitative estimate of drug-likeness (QED) is 0.724. The average molecular weight is 255 g/mol. The Bertz CT molecular complexity index is 259. The van der Waals surface area contributed by atoms with Gasteiger partial charge in [0.1, 0.15) is 0 Å². The Hall–Kier alpha value is -0.650. The molecule has 2 rings (SSSR count). The van der Waals surface area contributed by atoms with Gasteiger partial charge in [-0.25, -0.2) is 0 Å². The zero-order chi connectivity index (χ0) is 12.8. The summed E-state index contributed by atoms with van der Waals surface area (Å²) in [5.74, 6) is 0.197. The van der Waals surface area contributed by atoms with E-state index in [0.717, 1.165) is 58.5 Å². The zero-order valence-electron chi connectivity index (χ0n) is 11.3. The Balaban J connectivity index is 1.65. The largest absolute Gasteiger partial charge is 0.383 e. The van der Waals surface area contributed by atoms with Crippen LogP contribution in [-0.2, 0) is 9.53 Å². The fraction of sp³-hybridized carbons (Fsp3) is 0.923. The first-order valence-electron chi connectivity index (χ1n) is 7.04. The van der Waals surface area contributed by atoms with Crippen LogP contribution in [0.1, 0.15) is 25.7 Å². The molecule has 5 nitrogen and oxygen atoms in total. The van der Waals surface area contributed by atoms with Crippen LogP contribution in [0.3, 0.4) is 0 Å². The molecular weight excluding hydrogens is 230 g/mol. The SMILES string of the molecule is COCCN1CCC(NC(=O)C2CCCN2)CC1. The molecule has 0 bridgehead atoms. The molecule has 1 unspecified atom stereocenters. The Morgan fingerprint density at radius 2 is 2.17 bits per heavy atom. The maximum Gasteiger partial charge on any atom is 0.237 e. The highest BCUT2D eigenvalue weighted by atomic mass is 16.5. The van der Waals surface area contributed by atoms with Crippen molar-refractivity contribution in [2.24, 2.45) is 0 Å². The summed E-state index contributed by atoms with van der Waals surface area (Å²) in [7, 11) is 1.74. The molecular formula is C13H25N3O2. The summed E-state index contributed by atoms with van der Waals surface area (Å²) in [6, 6.07) is 0.412. The predicted octanol–water partition coefficient (Wildman–Crippen LogP) is -0.0346. The van der Waals surface area contributed by atoms with Gasteiger partial charge in [-0.15, -0.1) is 0 Å². The van der Waals surface area contributed by atoms with E-state index < -0.39 is 0 Å². The topological polar surface area (TPSA) is 53.6 Å². The number of nitrogens with one attached hydrogen (secondary N) is 2. The summed E-state index contributed by atoms with van der Waals surface area (Å²) in [5.41, 5.74) is 0. The number of carbonyl (C=O) groups excluding carboxylic acids is 1. The monoisotopic (exact) mass is 255 g/mol. The predicted molar refractivity (Wildman–Crippen MR) is 70.5 cm³/mol. The summed E-state index contributed by atoms with van der Waals surface area (Å²) < 4.78 is 5.08. The van der Waals surface area contributed by atoms with Crippen LogP contribution in [0.2, 0.25) is 0 Å². The van der Waals surface area contributed by atoms with Crippen molar-refractivity contribution in [3.05, 3.63) is 0 Å². The first-order chi connectivity index (χ1) is 8.79. The van der Waals surface area contributed by atoms with Crippen LogP contribution in [0.5, 0.6) is 0 Å². The smallest absolute Gasteiger partial charge is 0.237 e. The molecule has 0 aromatic rings. The second kappa shape index (κ2) is 7.07. The summed E-state index contributed by atoms with van der Waals surface area (Å²) in [5, 5.41) is 6.42. The maximum atomic E-state index is 12.0. The van der Waals surface area contributed by atoms with Crippen molar-refractivity contribution in [3.8, 4) is 0 Å². The summed E-state index contributed by atoms with van der Waals surface area (Å²) >= 11 is 0. The maximum absolute atomic E-state index is 12.0. The molecule has 0 aromatic heterocycles. The number of likely N-dealkylation sites (tertiary alicyclic amines) is 1. The molecule has 0 aliphatic carbocycles. The van der Waals surface area contributed by atoms with Crippen LogP contribution < -0.4 is 10.6 Å². The highest BCUT2D eigenvalue weighted by Gasteiger charge is 2.26. The fourth-order valence-corrected chi connectivity index (χ4v) is 2.73. The Labute approximate surface area is 109 Å². The number of methoxy groups -OCH3 is 1. The van der Waals surface area contributed by atoms with Gasteiger partial charge in [-0.1, -0.05) is 0 Å². The first-order valence-corrected chi connectivity index (χ1v) is 7.04. The average Bonchev–Trinajstić information content (AvgIpc) is 2.92. The van der Waals surface area contributed by atoms with E-state index in [1.54, 1.807) is 7.11 Å². The number of carbonyl (C=O) groups is 1. The van der Waals surface area contributed by atoms with Gasteiger partial charge in [0.05, 0.1) is 12.6 Å². The molecule has 5 heteroatoms. The summed E-state index contributed by atoms with van der Waals surface area (Å²) in [6.45, 7) is 4.90. The second-order valence-electron chi connectivity index (χ2n) is 5.27. The third-order valence-corrected chi connectivity index (χ3v) is 3.92. The lowest BCUT2D eigenvalue weighted by atomic mass is 10.0. The Kier molecular flexibility index (Phi) is 5.41. The number of piperidine rings is 1. The van der Waals surface area contributed by atoms with Gasteiger partial charge in [-0.05, 0) is 32.2 Å². The van der Waals surface area contributed by atoms with Crippen molar-refractivity contribution < 1.29 is 9.53 Å². The van der Waals surface area contributed by atoms with Crippen molar-refractivity contribution in [2.75, 3.05) is 39.9 Å². The van der Waals surface area contributed by atoms with Crippen molar-refractivity contribution in [3.63, 3.8) is 0 Å². The van der Waals surface area contributed by atoms with Gasteiger partial charge >= 0.3 is 0 Å². The number of hydrogen-bond acceptors (Lipinski definition) is 4. The van der Waals surface area contributed by atoms with E-state index in [1.165, 1.54) is 0 Å². The van der Waals surface area contributed by atoms with E-state index in [2.05, 4.69) is 15.5 Å².